The molecule has 0 unspecified atom stereocenters. The lowest BCUT2D eigenvalue weighted by Crippen LogP contribution is -2.22. The van der Waals surface area contributed by atoms with E-state index in [-0.39, 0.29) is 0 Å². The van der Waals surface area contributed by atoms with E-state index in [1.54, 1.807) is 6.07 Å². The van der Waals surface area contributed by atoms with Crippen molar-refractivity contribution in [2.24, 2.45) is 0 Å². The summed E-state index contributed by atoms with van der Waals surface area (Å²) in [6.45, 7) is 9.04. The highest BCUT2D eigenvalue weighted by Crippen LogP contribution is 2.18. The van der Waals surface area contributed by atoms with Gasteiger partial charge in [-0.1, -0.05) is 31.5 Å². The number of nitrogens with zero attached hydrogens (tertiary/aromatic N) is 1. The van der Waals surface area contributed by atoms with Crippen molar-refractivity contribution in [3.8, 4) is 5.88 Å². The highest BCUT2D eigenvalue weighted by Gasteiger charge is 2.05. The van der Waals surface area contributed by atoms with Crippen molar-refractivity contribution in [2.75, 3.05) is 6.61 Å². The lowest BCUT2D eigenvalue weighted by molar-refractivity contribution is 0.311. The molecule has 0 aromatic carbocycles. The predicted octanol–water partition coefficient (Wildman–Crippen LogP) is 3.19. The molecule has 1 N–H and O–H groups in total. The second kappa shape index (κ2) is 7.30. The van der Waals surface area contributed by atoms with E-state index >= 15 is 0 Å². The molecule has 0 spiro atoms. The van der Waals surface area contributed by atoms with E-state index in [9.17, 15) is 0 Å². The van der Waals surface area contributed by atoms with Gasteiger partial charge in [-0.2, -0.15) is 0 Å². The topological polar surface area (TPSA) is 34.1 Å². The van der Waals surface area contributed by atoms with Crippen LogP contribution in [-0.2, 0) is 6.54 Å². The van der Waals surface area contributed by atoms with E-state index in [1.165, 1.54) is 0 Å². The van der Waals surface area contributed by atoms with Crippen LogP contribution < -0.4 is 10.1 Å². The summed E-state index contributed by atoms with van der Waals surface area (Å²) in [6, 6.07) is 4.00. The van der Waals surface area contributed by atoms with Gasteiger partial charge in [0.05, 0.1) is 17.3 Å². The Kier molecular flexibility index (Phi) is 6.01. The third-order valence-corrected chi connectivity index (χ3v) is 2.49. The average Bonchev–Trinajstić information content (AvgIpc) is 2.29. The molecule has 0 saturated carbocycles. The maximum Gasteiger partial charge on any atom is 0.213 e. The van der Waals surface area contributed by atoms with Gasteiger partial charge in [-0.25, -0.2) is 4.98 Å². The van der Waals surface area contributed by atoms with Crippen molar-refractivity contribution < 1.29 is 4.74 Å². The number of aromatic nitrogens is 1. The second-order valence-electron chi connectivity index (χ2n) is 4.04. The minimum Gasteiger partial charge on any atom is -0.477 e. The van der Waals surface area contributed by atoms with Gasteiger partial charge in [0, 0.05) is 18.7 Å². The molecule has 0 amide bonds. The molecule has 0 radical (unpaired) electrons. The zero-order valence-electron chi connectivity index (χ0n) is 10.4. The summed E-state index contributed by atoms with van der Waals surface area (Å²) in [5, 5.41) is 3.94. The van der Waals surface area contributed by atoms with E-state index in [1.807, 2.05) is 12.1 Å². The van der Waals surface area contributed by atoms with Crippen molar-refractivity contribution >= 4 is 11.6 Å². The Morgan fingerprint density at radius 3 is 2.94 bits per heavy atom. The number of ether oxygens (including phenoxy) is 1. The van der Waals surface area contributed by atoms with Crippen LogP contribution in [0.25, 0.3) is 0 Å². The molecular formula is C13H19ClN2O. The van der Waals surface area contributed by atoms with E-state index in [2.05, 4.69) is 30.7 Å². The van der Waals surface area contributed by atoms with Crippen LogP contribution in [-0.4, -0.2) is 17.6 Å². The van der Waals surface area contributed by atoms with Crippen LogP contribution in [0.3, 0.4) is 0 Å². The average molecular weight is 255 g/mol. The van der Waals surface area contributed by atoms with Gasteiger partial charge in [0.1, 0.15) is 0 Å². The molecular weight excluding hydrogens is 236 g/mol. The van der Waals surface area contributed by atoms with Gasteiger partial charge in [0.2, 0.25) is 5.88 Å². The molecule has 0 atom stereocenters. The molecule has 1 rings (SSSR count). The Morgan fingerprint density at radius 2 is 2.29 bits per heavy atom. The Bertz CT molecular complexity index is 366. The standard InChI is InChI=1S/C13H19ClN2O/c1-4-5-8-17-13-7-6-11(14)12(16-13)9-15-10(2)3/h4,6-7,10,15H,1,5,8-9H2,2-3H3. The maximum atomic E-state index is 6.07. The third-order valence-electron chi connectivity index (χ3n) is 2.14. The van der Waals surface area contributed by atoms with Crippen LogP contribution >= 0.6 is 11.6 Å². The van der Waals surface area contributed by atoms with Crippen LogP contribution in [0.15, 0.2) is 24.8 Å². The van der Waals surface area contributed by atoms with Crippen LogP contribution in [0.5, 0.6) is 5.88 Å². The molecule has 4 heteroatoms. The fourth-order valence-corrected chi connectivity index (χ4v) is 1.39. The molecule has 1 aromatic rings. The number of hydrogen-bond donors (Lipinski definition) is 1. The van der Waals surface area contributed by atoms with Crippen LogP contribution in [0.4, 0.5) is 0 Å². The molecule has 0 fully saturated rings. The third kappa shape index (κ3) is 5.20. The first kappa shape index (κ1) is 14.0. The molecule has 0 bridgehead atoms. The Hall–Kier alpha value is -1.06. The van der Waals surface area contributed by atoms with Crippen LogP contribution in [0.2, 0.25) is 5.02 Å². The highest BCUT2D eigenvalue weighted by atomic mass is 35.5. The first-order chi connectivity index (χ1) is 8.13. The SMILES string of the molecule is C=CCCOc1ccc(Cl)c(CNC(C)C)n1. The van der Waals surface area contributed by atoms with Crippen LogP contribution in [0, 0.1) is 0 Å². The lowest BCUT2D eigenvalue weighted by Gasteiger charge is -2.10. The fraction of sp³-hybridized carbons (Fsp3) is 0.462. The minimum atomic E-state index is 0.401. The molecule has 94 valence electrons. The number of nitrogens with one attached hydrogen (secondary N) is 1. The lowest BCUT2D eigenvalue weighted by atomic mass is 10.3. The van der Waals surface area contributed by atoms with E-state index in [4.69, 9.17) is 16.3 Å². The summed E-state index contributed by atoms with van der Waals surface area (Å²) in [4.78, 5) is 4.37. The van der Waals surface area contributed by atoms with E-state index in [0.717, 1.165) is 12.1 Å². The molecule has 1 heterocycles. The summed E-state index contributed by atoms with van der Waals surface area (Å²) < 4.78 is 5.48. The molecule has 0 aliphatic carbocycles. The number of rotatable bonds is 7. The van der Waals surface area contributed by atoms with Gasteiger partial charge in [0.15, 0.2) is 0 Å². The summed E-state index contributed by atoms with van der Waals surface area (Å²) in [6.07, 6.45) is 2.63. The largest absolute Gasteiger partial charge is 0.477 e. The quantitative estimate of drug-likeness (QED) is 0.599. The normalized spacial score (nSPS) is 10.6. The molecule has 0 saturated heterocycles. The van der Waals surface area contributed by atoms with E-state index < -0.39 is 0 Å². The van der Waals surface area contributed by atoms with E-state index in [0.29, 0.717) is 30.1 Å². The zero-order valence-corrected chi connectivity index (χ0v) is 11.1. The molecule has 3 nitrogen and oxygen atoms in total. The van der Waals surface area contributed by atoms with Gasteiger partial charge in [-0.3, -0.25) is 0 Å². The summed E-state index contributed by atoms with van der Waals surface area (Å²) in [5.74, 6) is 0.608. The van der Waals surface area contributed by atoms with Gasteiger partial charge in [-0.05, 0) is 12.5 Å². The first-order valence-corrected chi connectivity index (χ1v) is 6.13. The maximum absolute atomic E-state index is 6.07. The summed E-state index contributed by atoms with van der Waals surface area (Å²) in [7, 11) is 0. The molecule has 1 aromatic heterocycles. The van der Waals surface area contributed by atoms with Gasteiger partial charge in [-0.15, -0.1) is 6.58 Å². The van der Waals surface area contributed by atoms with Crippen molar-refractivity contribution in [3.63, 3.8) is 0 Å². The number of pyridine rings is 1. The summed E-state index contributed by atoms with van der Waals surface area (Å²) >= 11 is 6.07. The van der Waals surface area contributed by atoms with Crippen molar-refractivity contribution in [3.05, 3.63) is 35.5 Å². The smallest absolute Gasteiger partial charge is 0.213 e. The Morgan fingerprint density at radius 1 is 1.53 bits per heavy atom. The van der Waals surface area contributed by atoms with Crippen molar-refractivity contribution in [1.82, 2.24) is 10.3 Å². The Balaban J connectivity index is 2.62. The van der Waals surface area contributed by atoms with Gasteiger partial charge in [0.25, 0.3) is 0 Å². The first-order valence-electron chi connectivity index (χ1n) is 5.76. The minimum absolute atomic E-state index is 0.401. The highest BCUT2D eigenvalue weighted by molar-refractivity contribution is 6.31. The second-order valence-corrected chi connectivity index (χ2v) is 4.45. The summed E-state index contributed by atoms with van der Waals surface area (Å²) in [5.41, 5.74) is 0.816. The molecule has 0 aliphatic heterocycles. The monoisotopic (exact) mass is 254 g/mol. The Labute approximate surface area is 108 Å². The number of halogens is 1. The number of hydrogen-bond acceptors (Lipinski definition) is 3. The van der Waals surface area contributed by atoms with Gasteiger partial charge >= 0.3 is 0 Å². The fourth-order valence-electron chi connectivity index (χ4n) is 1.22. The van der Waals surface area contributed by atoms with Crippen molar-refractivity contribution in [1.29, 1.82) is 0 Å². The zero-order chi connectivity index (χ0) is 12.7. The van der Waals surface area contributed by atoms with Crippen molar-refractivity contribution in [2.45, 2.75) is 32.9 Å². The molecule has 0 aliphatic rings. The van der Waals surface area contributed by atoms with Gasteiger partial charge < -0.3 is 10.1 Å². The molecule has 17 heavy (non-hydrogen) atoms. The van der Waals surface area contributed by atoms with Crippen LogP contribution in [0.1, 0.15) is 26.0 Å². The predicted molar refractivity (Wildman–Crippen MR) is 71.5 cm³/mol.